The van der Waals surface area contributed by atoms with Gasteiger partial charge in [-0.2, -0.15) is 0 Å². The van der Waals surface area contributed by atoms with E-state index < -0.39 is 0 Å². The molecule has 0 aliphatic carbocycles. The minimum absolute atomic E-state index is 0.814. The van der Waals surface area contributed by atoms with Crippen LogP contribution in [0.3, 0.4) is 0 Å². The van der Waals surface area contributed by atoms with Gasteiger partial charge in [-0.3, -0.25) is 0 Å². The lowest BCUT2D eigenvalue weighted by atomic mass is 9.92. The third kappa shape index (κ3) is 4.33. The fraction of sp³-hybridized carbons (Fsp3) is 1.00. The van der Waals surface area contributed by atoms with Crippen molar-refractivity contribution in [3.63, 3.8) is 0 Å². The standard InChI is InChI=1S/C11H22ClN/c1-2-4-11-5-9-13(10-6-11)8-3-7-12/h11H,2-10H2,1H3. The van der Waals surface area contributed by atoms with Gasteiger partial charge in [0.05, 0.1) is 0 Å². The molecule has 1 aliphatic rings. The largest absolute Gasteiger partial charge is 0.303 e. The van der Waals surface area contributed by atoms with Crippen LogP contribution in [-0.4, -0.2) is 30.4 Å². The minimum atomic E-state index is 0.814. The third-order valence-corrected chi connectivity index (χ3v) is 3.28. The summed E-state index contributed by atoms with van der Waals surface area (Å²) in [7, 11) is 0. The van der Waals surface area contributed by atoms with Crippen LogP contribution in [0.25, 0.3) is 0 Å². The van der Waals surface area contributed by atoms with Gasteiger partial charge in [-0.15, -0.1) is 11.6 Å². The highest BCUT2D eigenvalue weighted by Crippen LogP contribution is 2.21. The zero-order valence-corrected chi connectivity index (χ0v) is 9.52. The summed E-state index contributed by atoms with van der Waals surface area (Å²) in [5, 5.41) is 0. The van der Waals surface area contributed by atoms with Crippen molar-refractivity contribution in [3.05, 3.63) is 0 Å². The van der Waals surface area contributed by atoms with E-state index in [4.69, 9.17) is 11.6 Å². The summed E-state index contributed by atoms with van der Waals surface area (Å²) in [4.78, 5) is 2.56. The van der Waals surface area contributed by atoms with Gasteiger partial charge < -0.3 is 4.90 Å². The molecule has 2 heteroatoms. The summed E-state index contributed by atoms with van der Waals surface area (Å²) in [6, 6.07) is 0. The average molecular weight is 204 g/mol. The number of halogens is 1. The van der Waals surface area contributed by atoms with E-state index in [9.17, 15) is 0 Å². The van der Waals surface area contributed by atoms with Crippen LogP contribution in [0.4, 0.5) is 0 Å². The Labute approximate surface area is 87.4 Å². The number of alkyl halides is 1. The first kappa shape index (κ1) is 11.3. The summed E-state index contributed by atoms with van der Waals surface area (Å²) in [6.45, 7) is 6.12. The van der Waals surface area contributed by atoms with E-state index in [1.807, 2.05) is 0 Å². The van der Waals surface area contributed by atoms with Crippen LogP contribution in [-0.2, 0) is 0 Å². The minimum Gasteiger partial charge on any atom is -0.303 e. The number of hydrogen-bond donors (Lipinski definition) is 0. The van der Waals surface area contributed by atoms with Gasteiger partial charge in [0.15, 0.2) is 0 Å². The zero-order chi connectivity index (χ0) is 9.52. The molecule has 1 saturated heterocycles. The first-order valence-electron chi connectivity index (χ1n) is 5.65. The van der Waals surface area contributed by atoms with Crippen LogP contribution < -0.4 is 0 Å². The summed E-state index contributed by atoms with van der Waals surface area (Å²) in [5.41, 5.74) is 0. The molecule has 13 heavy (non-hydrogen) atoms. The van der Waals surface area contributed by atoms with Crippen LogP contribution >= 0.6 is 11.6 Å². The zero-order valence-electron chi connectivity index (χ0n) is 8.77. The van der Waals surface area contributed by atoms with Crippen molar-refractivity contribution < 1.29 is 0 Å². The molecular weight excluding hydrogens is 182 g/mol. The molecule has 1 heterocycles. The van der Waals surface area contributed by atoms with Crippen molar-refractivity contribution in [2.45, 2.75) is 39.0 Å². The van der Waals surface area contributed by atoms with Crippen LogP contribution in [0, 0.1) is 5.92 Å². The van der Waals surface area contributed by atoms with Crippen molar-refractivity contribution in [1.82, 2.24) is 4.90 Å². The molecule has 1 nitrogen and oxygen atoms in total. The molecule has 0 unspecified atom stereocenters. The smallest absolute Gasteiger partial charge is 0.0235 e. The fourth-order valence-electron chi connectivity index (χ4n) is 2.19. The Kier molecular flexibility index (Phi) is 5.81. The molecule has 0 spiro atoms. The van der Waals surface area contributed by atoms with Crippen molar-refractivity contribution in [1.29, 1.82) is 0 Å². The first-order chi connectivity index (χ1) is 6.36. The topological polar surface area (TPSA) is 3.24 Å². The molecular formula is C11H22ClN. The van der Waals surface area contributed by atoms with E-state index in [0.717, 1.165) is 18.2 Å². The molecule has 0 N–H and O–H groups in total. The third-order valence-electron chi connectivity index (χ3n) is 3.01. The maximum atomic E-state index is 5.67. The Hall–Kier alpha value is 0.250. The second kappa shape index (κ2) is 6.67. The van der Waals surface area contributed by atoms with Gasteiger partial charge in [0.2, 0.25) is 0 Å². The Morgan fingerprint density at radius 1 is 1.31 bits per heavy atom. The molecule has 1 rings (SSSR count). The lowest BCUT2D eigenvalue weighted by molar-refractivity contribution is 0.179. The lowest BCUT2D eigenvalue weighted by Gasteiger charge is -2.31. The van der Waals surface area contributed by atoms with E-state index >= 15 is 0 Å². The fourth-order valence-corrected chi connectivity index (χ4v) is 2.31. The lowest BCUT2D eigenvalue weighted by Crippen LogP contribution is -2.34. The van der Waals surface area contributed by atoms with E-state index in [1.54, 1.807) is 0 Å². The van der Waals surface area contributed by atoms with Crippen LogP contribution in [0.15, 0.2) is 0 Å². The van der Waals surface area contributed by atoms with Gasteiger partial charge in [0, 0.05) is 5.88 Å². The Balaban J connectivity index is 2.08. The number of rotatable bonds is 5. The van der Waals surface area contributed by atoms with Crippen LogP contribution in [0.5, 0.6) is 0 Å². The maximum Gasteiger partial charge on any atom is 0.0235 e. The number of hydrogen-bond acceptors (Lipinski definition) is 1. The van der Waals surface area contributed by atoms with Gasteiger partial charge in [0.1, 0.15) is 0 Å². The van der Waals surface area contributed by atoms with E-state index in [1.165, 1.54) is 45.3 Å². The maximum absolute atomic E-state index is 5.67. The first-order valence-corrected chi connectivity index (χ1v) is 6.18. The van der Waals surface area contributed by atoms with Gasteiger partial charge in [-0.25, -0.2) is 0 Å². The quantitative estimate of drug-likeness (QED) is 0.621. The molecule has 0 aromatic rings. The van der Waals surface area contributed by atoms with Gasteiger partial charge >= 0.3 is 0 Å². The molecule has 1 aliphatic heterocycles. The molecule has 0 aromatic heterocycles. The van der Waals surface area contributed by atoms with Crippen LogP contribution in [0.1, 0.15) is 39.0 Å². The van der Waals surface area contributed by atoms with Crippen molar-refractivity contribution in [3.8, 4) is 0 Å². The Morgan fingerprint density at radius 3 is 2.54 bits per heavy atom. The molecule has 78 valence electrons. The van der Waals surface area contributed by atoms with Crippen molar-refractivity contribution in [2.24, 2.45) is 5.92 Å². The Morgan fingerprint density at radius 2 is 2.00 bits per heavy atom. The predicted molar refractivity (Wildman–Crippen MR) is 59.4 cm³/mol. The van der Waals surface area contributed by atoms with E-state index in [0.29, 0.717) is 0 Å². The molecule has 0 saturated carbocycles. The van der Waals surface area contributed by atoms with Gasteiger partial charge in [-0.1, -0.05) is 19.8 Å². The second-order valence-electron chi connectivity index (χ2n) is 4.12. The molecule has 0 radical (unpaired) electrons. The van der Waals surface area contributed by atoms with E-state index in [2.05, 4.69) is 11.8 Å². The molecule has 0 amide bonds. The van der Waals surface area contributed by atoms with Crippen LogP contribution in [0.2, 0.25) is 0 Å². The van der Waals surface area contributed by atoms with E-state index in [-0.39, 0.29) is 0 Å². The molecule has 0 bridgehead atoms. The Bertz CT molecular complexity index is 119. The van der Waals surface area contributed by atoms with Gasteiger partial charge in [-0.05, 0) is 44.8 Å². The molecule has 0 atom stereocenters. The molecule has 1 fully saturated rings. The number of nitrogens with zero attached hydrogens (tertiary/aromatic N) is 1. The summed E-state index contributed by atoms with van der Waals surface area (Å²) < 4.78 is 0. The summed E-state index contributed by atoms with van der Waals surface area (Å²) >= 11 is 5.67. The number of piperidine rings is 1. The molecule has 0 aromatic carbocycles. The van der Waals surface area contributed by atoms with Crippen molar-refractivity contribution >= 4 is 11.6 Å². The summed E-state index contributed by atoms with van der Waals surface area (Å²) in [6.07, 6.45) is 6.77. The monoisotopic (exact) mass is 203 g/mol. The van der Waals surface area contributed by atoms with Gasteiger partial charge in [0.25, 0.3) is 0 Å². The summed E-state index contributed by atoms with van der Waals surface area (Å²) in [5.74, 6) is 1.83. The average Bonchev–Trinajstić information content (AvgIpc) is 2.17. The highest BCUT2D eigenvalue weighted by Gasteiger charge is 2.17. The highest BCUT2D eigenvalue weighted by molar-refractivity contribution is 6.17. The number of likely N-dealkylation sites (tertiary alicyclic amines) is 1. The highest BCUT2D eigenvalue weighted by atomic mass is 35.5. The van der Waals surface area contributed by atoms with Crippen molar-refractivity contribution in [2.75, 3.05) is 25.5 Å². The second-order valence-corrected chi connectivity index (χ2v) is 4.49. The predicted octanol–water partition coefficient (Wildman–Crippen LogP) is 3.13. The normalized spacial score (nSPS) is 20.8. The SMILES string of the molecule is CCCC1CCN(CCCCl)CC1.